The highest BCUT2D eigenvalue weighted by atomic mass is 16.5. The van der Waals surface area contributed by atoms with Crippen LogP contribution in [0.2, 0.25) is 0 Å². The Morgan fingerprint density at radius 2 is 1.81 bits per heavy atom. The van der Waals surface area contributed by atoms with Gasteiger partial charge in [0.1, 0.15) is 11.6 Å². The van der Waals surface area contributed by atoms with Gasteiger partial charge in [-0.3, -0.25) is 4.79 Å². The zero-order chi connectivity index (χ0) is 18.9. The SMILES string of the molecule is COc1ccc(CCC(=O)NCCNc2ccc(-n3cccc3)nn2)cc1. The maximum absolute atomic E-state index is 11.9. The Balaban J connectivity index is 1.34. The van der Waals surface area contributed by atoms with E-state index >= 15 is 0 Å². The van der Waals surface area contributed by atoms with E-state index < -0.39 is 0 Å². The Bertz CT molecular complexity index is 830. The Morgan fingerprint density at radius 1 is 1.04 bits per heavy atom. The molecule has 0 spiro atoms. The van der Waals surface area contributed by atoms with Crippen molar-refractivity contribution >= 4 is 11.7 Å². The summed E-state index contributed by atoms with van der Waals surface area (Å²) in [5.41, 5.74) is 1.11. The summed E-state index contributed by atoms with van der Waals surface area (Å²) < 4.78 is 7.01. The lowest BCUT2D eigenvalue weighted by atomic mass is 10.1. The van der Waals surface area contributed by atoms with Crippen molar-refractivity contribution in [3.63, 3.8) is 0 Å². The lowest BCUT2D eigenvalue weighted by Crippen LogP contribution is -2.29. The highest BCUT2D eigenvalue weighted by Crippen LogP contribution is 2.12. The largest absolute Gasteiger partial charge is 0.497 e. The standard InChI is InChI=1S/C20H23N5O2/c1-27-17-7-4-16(5-8-17)6-11-20(26)22-13-12-21-18-9-10-19(24-23-18)25-14-2-3-15-25/h2-5,7-10,14-15H,6,11-13H2,1H3,(H,21,23)(H,22,26). The molecule has 0 radical (unpaired) electrons. The number of hydrogen-bond donors (Lipinski definition) is 2. The van der Waals surface area contributed by atoms with E-state index in [1.165, 1.54) is 0 Å². The summed E-state index contributed by atoms with van der Waals surface area (Å²) in [6, 6.07) is 15.4. The summed E-state index contributed by atoms with van der Waals surface area (Å²) in [4.78, 5) is 11.9. The molecular weight excluding hydrogens is 342 g/mol. The molecule has 1 aromatic carbocycles. The highest BCUT2D eigenvalue weighted by Gasteiger charge is 2.03. The van der Waals surface area contributed by atoms with Crippen LogP contribution in [-0.4, -0.2) is 40.9 Å². The number of amides is 1. The van der Waals surface area contributed by atoms with Crippen molar-refractivity contribution in [3.8, 4) is 11.6 Å². The Morgan fingerprint density at radius 3 is 2.48 bits per heavy atom. The molecule has 3 aromatic rings. The molecular formula is C20H23N5O2. The van der Waals surface area contributed by atoms with Crippen molar-refractivity contribution in [1.29, 1.82) is 0 Å². The fourth-order valence-corrected chi connectivity index (χ4v) is 2.58. The number of aryl methyl sites for hydroxylation is 1. The molecule has 0 fully saturated rings. The number of hydrogen-bond acceptors (Lipinski definition) is 5. The Kier molecular flexibility index (Phi) is 6.40. The van der Waals surface area contributed by atoms with Crippen LogP contribution in [0.5, 0.6) is 5.75 Å². The minimum absolute atomic E-state index is 0.0293. The third kappa shape index (κ3) is 5.57. The van der Waals surface area contributed by atoms with Crippen molar-refractivity contribution < 1.29 is 9.53 Å². The molecule has 27 heavy (non-hydrogen) atoms. The van der Waals surface area contributed by atoms with Gasteiger partial charge in [0.2, 0.25) is 5.91 Å². The van der Waals surface area contributed by atoms with E-state index in [2.05, 4.69) is 20.8 Å². The first kappa shape index (κ1) is 18.4. The van der Waals surface area contributed by atoms with Gasteiger partial charge >= 0.3 is 0 Å². The molecule has 2 heterocycles. The number of aromatic nitrogens is 3. The van der Waals surface area contributed by atoms with Crippen LogP contribution in [0, 0.1) is 0 Å². The molecule has 0 aliphatic heterocycles. The van der Waals surface area contributed by atoms with Crippen LogP contribution < -0.4 is 15.4 Å². The van der Waals surface area contributed by atoms with Crippen molar-refractivity contribution in [1.82, 2.24) is 20.1 Å². The molecule has 0 unspecified atom stereocenters. The van der Waals surface area contributed by atoms with Crippen molar-refractivity contribution in [2.75, 3.05) is 25.5 Å². The van der Waals surface area contributed by atoms with Gasteiger partial charge in [-0.2, -0.15) is 0 Å². The quantitative estimate of drug-likeness (QED) is 0.569. The third-order valence-corrected chi connectivity index (χ3v) is 4.07. The number of carbonyl (C=O) groups is 1. The molecule has 7 nitrogen and oxygen atoms in total. The first-order valence-corrected chi connectivity index (χ1v) is 8.85. The van der Waals surface area contributed by atoms with Crippen LogP contribution in [-0.2, 0) is 11.2 Å². The zero-order valence-corrected chi connectivity index (χ0v) is 15.3. The number of methoxy groups -OCH3 is 1. The first-order valence-electron chi connectivity index (χ1n) is 8.85. The molecule has 0 aliphatic rings. The summed E-state index contributed by atoms with van der Waals surface area (Å²) in [6.45, 7) is 1.12. The Labute approximate surface area is 158 Å². The van der Waals surface area contributed by atoms with Crippen LogP contribution in [0.25, 0.3) is 5.82 Å². The van der Waals surface area contributed by atoms with Crippen LogP contribution in [0.1, 0.15) is 12.0 Å². The van der Waals surface area contributed by atoms with E-state index in [0.29, 0.717) is 31.7 Å². The summed E-state index contributed by atoms with van der Waals surface area (Å²) >= 11 is 0. The molecule has 0 saturated carbocycles. The number of anilines is 1. The molecule has 2 N–H and O–H groups in total. The van der Waals surface area contributed by atoms with E-state index in [1.54, 1.807) is 7.11 Å². The van der Waals surface area contributed by atoms with Gasteiger partial charge in [-0.1, -0.05) is 12.1 Å². The van der Waals surface area contributed by atoms with E-state index in [0.717, 1.165) is 17.1 Å². The first-order chi connectivity index (χ1) is 13.2. The predicted octanol–water partition coefficient (Wildman–Crippen LogP) is 2.44. The van der Waals surface area contributed by atoms with E-state index in [4.69, 9.17) is 4.74 Å². The van der Waals surface area contributed by atoms with Gasteiger partial charge < -0.3 is 19.9 Å². The maximum Gasteiger partial charge on any atom is 0.220 e. The monoisotopic (exact) mass is 365 g/mol. The molecule has 1 amide bonds. The van der Waals surface area contributed by atoms with E-state index in [-0.39, 0.29) is 5.91 Å². The van der Waals surface area contributed by atoms with Gasteiger partial charge in [-0.15, -0.1) is 10.2 Å². The predicted molar refractivity (Wildman–Crippen MR) is 104 cm³/mol. The van der Waals surface area contributed by atoms with Gasteiger partial charge in [-0.25, -0.2) is 0 Å². The maximum atomic E-state index is 11.9. The van der Waals surface area contributed by atoms with Gasteiger partial charge in [0.15, 0.2) is 5.82 Å². The van der Waals surface area contributed by atoms with Gasteiger partial charge in [0, 0.05) is 31.9 Å². The average molecular weight is 365 g/mol. The molecule has 3 rings (SSSR count). The number of nitrogens with one attached hydrogen (secondary N) is 2. The normalized spacial score (nSPS) is 10.4. The van der Waals surface area contributed by atoms with Crippen LogP contribution >= 0.6 is 0 Å². The van der Waals surface area contributed by atoms with Crippen LogP contribution in [0.3, 0.4) is 0 Å². The Hall–Kier alpha value is -3.35. The lowest BCUT2D eigenvalue weighted by molar-refractivity contribution is -0.120. The van der Waals surface area contributed by atoms with Gasteiger partial charge in [0.05, 0.1) is 7.11 Å². The molecule has 140 valence electrons. The fourth-order valence-electron chi connectivity index (χ4n) is 2.58. The molecule has 0 aliphatic carbocycles. The molecule has 0 saturated heterocycles. The smallest absolute Gasteiger partial charge is 0.220 e. The second-order valence-electron chi connectivity index (χ2n) is 5.99. The van der Waals surface area contributed by atoms with Crippen LogP contribution in [0.4, 0.5) is 5.82 Å². The summed E-state index contributed by atoms with van der Waals surface area (Å²) in [5, 5.41) is 14.3. The molecule has 0 bridgehead atoms. The topological polar surface area (TPSA) is 81.1 Å². The summed E-state index contributed by atoms with van der Waals surface area (Å²) in [7, 11) is 1.64. The third-order valence-electron chi connectivity index (χ3n) is 4.07. The van der Waals surface area contributed by atoms with E-state index in [9.17, 15) is 4.79 Å². The van der Waals surface area contributed by atoms with Crippen molar-refractivity contribution in [2.24, 2.45) is 0 Å². The minimum Gasteiger partial charge on any atom is -0.497 e. The number of carbonyl (C=O) groups excluding carboxylic acids is 1. The number of nitrogens with zero attached hydrogens (tertiary/aromatic N) is 3. The summed E-state index contributed by atoms with van der Waals surface area (Å²) in [5.74, 6) is 2.29. The van der Waals surface area contributed by atoms with Crippen molar-refractivity contribution in [3.05, 3.63) is 66.5 Å². The van der Waals surface area contributed by atoms with Crippen molar-refractivity contribution in [2.45, 2.75) is 12.8 Å². The molecule has 7 heteroatoms. The highest BCUT2D eigenvalue weighted by molar-refractivity contribution is 5.76. The summed E-state index contributed by atoms with van der Waals surface area (Å²) in [6.07, 6.45) is 4.99. The number of benzene rings is 1. The second kappa shape index (κ2) is 9.38. The zero-order valence-electron chi connectivity index (χ0n) is 15.3. The molecule has 2 aromatic heterocycles. The fraction of sp³-hybridized carbons (Fsp3) is 0.250. The minimum atomic E-state index is 0.0293. The van der Waals surface area contributed by atoms with Gasteiger partial charge in [-0.05, 0) is 48.4 Å². The van der Waals surface area contributed by atoms with E-state index in [1.807, 2.05) is 65.5 Å². The number of rotatable bonds is 9. The van der Waals surface area contributed by atoms with Crippen LogP contribution in [0.15, 0.2) is 60.9 Å². The lowest BCUT2D eigenvalue weighted by Gasteiger charge is -2.08. The second-order valence-corrected chi connectivity index (χ2v) is 5.99. The van der Waals surface area contributed by atoms with Gasteiger partial charge in [0.25, 0.3) is 0 Å². The number of ether oxygens (including phenoxy) is 1. The average Bonchev–Trinajstić information content (AvgIpc) is 3.25. The molecule has 0 atom stereocenters.